The van der Waals surface area contributed by atoms with E-state index in [0.29, 0.717) is 17.5 Å². The number of aromatic nitrogens is 2. The quantitative estimate of drug-likeness (QED) is 0.790. The van der Waals surface area contributed by atoms with E-state index in [-0.39, 0.29) is 5.41 Å². The molecule has 0 atom stereocenters. The maximum Gasteiger partial charge on any atom is 0.205 e. The summed E-state index contributed by atoms with van der Waals surface area (Å²) in [5, 5.41) is 4.26. The molecule has 0 fully saturated rings. The Morgan fingerprint density at radius 3 is 2.55 bits per heavy atom. The highest BCUT2D eigenvalue weighted by molar-refractivity contribution is 6.02. The van der Waals surface area contributed by atoms with Crippen molar-refractivity contribution in [1.82, 2.24) is 14.7 Å². The first-order valence-electron chi connectivity index (χ1n) is 10.1. The third-order valence-electron chi connectivity index (χ3n) is 5.15. The lowest BCUT2D eigenvalue weighted by atomic mass is 9.95. The van der Waals surface area contributed by atoms with Crippen molar-refractivity contribution in [1.29, 1.82) is 0 Å². The number of guanidine groups is 1. The van der Waals surface area contributed by atoms with Gasteiger partial charge in [0.05, 0.1) is 24.7 Å². The largest absolute Gasteiger partial charge is 0.495 e. The highest BCUT2D eigenvalue weighted by atomic mass is 16.5. The number of rotatable bonds is 4. The molecule has 0 saturated heterocycles. The zero-order valence-corrected chi connectivity index (χ0v) is 18.6. The molecule has 0 unspecified atom stereocenters. The molecule has 1 aromatic carbocycles. The zero-order valence-electron chi connectivity index (χ0n) is 18.6. The van der Waals surface area contributed by atoms with Gasteiger partial charge in [0.15, 0.2) is 0 Å². The van der Waals surface area contributed by atoms with E-state index in [9.17, 15) is 0 Å². The van der Waals surface area contributed by atoms with E-state index in [1.54, 1.807) is 18.0 Å². The van der Waals surface area contributed by atoms with Gasteiger partial charge in [0.2, 0.25) is 5.96 Å². The smallest absolute Gasteiger partial charge is 0.205 e. The van der Waals surface area contributed by atoms with Gasteiger partial charge < -0.3 is 21.1 Å². The van der Waals surface area contributed by atoms with Crippen LogP contribution >= 0.6 is 0 Å². The Hall–Kier alpha value is -3.68. The van der Waals surface area contributed by atoms with Crippen molar-refractivity contribution >= 4 is 11.6 Å². The van der Waals surface area contributed by atoms with Crippen LogP contribution in [0.25, 0.3) is 11.1 Å². The standard InChI is InChI=1S/C23H29N7O/c1-23(2,3)14-29-9-8-16-11-26-22(25)30(20(16)21(29)24)18-7-6-15(10-19(18)31-5)17-12-27-28(4)13-17/h6-13H,14,24H2,1-5H3,(H2,25,26). The molecule has 4 rings (SSSR count). The van der Waals surface area contributed by atoms with Crippen LogP contribution in [-0.4, -0.2) is 34.3 Å². The molecule has 0 bridgehead atoms. The highest BCUT2D eigenvalue weighted by Gasteiger charge is 2.31. The van der Waals surface area contributed by atoms with Gasteiger partial charge in [-0.05, 0) is 29.2 Å². The first-order chi connectivity index (χ1) is 14.7. The van der Waals surface area contributed by atoms with Gasteiger partial charge in [-0.15, -0.1) is 0 Å². The zero-order chi connectivity index (χ0) is 22.3. The minimum Gasteiger partial charge on any atom is -0.495 e. The van der Waals surface area contributed by atoms with Crippen LogP contribution in [0.1, 0.15) is 20.8 Å². The van der Waals surface area contributed by atoms with E-state index in [4.69, 9.17) is 16.2 Å². The van der Waals surface area contributed by atoms with Gasteiger partial charge in [0.25, 0.3) is 0 Å². The lowest BCUT2D eigenvalue weighted by Gasteiger charge is -2.38. The molecule has 3 heterocycles. The lowest BCUT2D eigenvalue weighted by Crippen LogP contribution is -2.44. The molecular weight excluding hydrogens is 390 g/mol. The normalized spacial score (nSPS) is 16.3. The molecule has 4 N–H and O–H groups in total. The van der Waals surface area contributed by atoms with Crippen LogP contribution in [0, 0.1) is 5.41 Å². The van der Waals surface area contributed by atoms with Crippen LogP contribution < -0.4 is 21.1 Å². The fourth-order valence-corrected chi connectivity index (χ4v) is 3.77. The average Bonchev–Trinajstić information content (AvgIpc) is 3.15. The van der Waals surface area contributed by atoms with Crippen molar-refractivity contribution in [3.8, 4) is 16.9 Å². The number of fused-ring (bicyclic) bond motifs is 1. The van der Waals surface area contributed by atoms with E-state index >= 15 is 0 Å². The molecule has 0 aliphatic carbocycles. The number of hydrogen-bond acceptors (Lipinski definition) is 7. The highest BCUT2D eigenvalue weighted by Crippen LogP contribution is 2.39. The number of anilines is 1. The summed E-state index contributed by atoms with van der Waals surface area (Å²) in [5.74, 6) is 1.62. The summed E-state index contributed by atoms with van der Waals surface area (Å²) in [6.07, 6.45) is 9.53. The van der Waals surface area contributed by atoms with Crippen molar-refractivity contribution in [2.75, 3.05) is 18.6 Å². The summed E-state index contributed by atoms with van der Waals surface area (Å²) >= 11 is 0. The molecule has 8 heteroatoms. The second kappa shape index (κ2) is 7.54. The number of allylic oxidation sites excluding steroid dienone is 1. The Bertz CT molecular complexity index is 1130. The van der Waals surface area contributed by atoms with E-state index in [0.717, 1.165) is 34.6 Å². The number of aryl methyl sites for hydroxylation is 1. The molecule has 31 heavy (non-hydrogen) atoms. The Balaban J connectivity index is 1.80. The number of methoxy groups -OCH3 is 1. The van der Waals surface area contributed by atoms with Crippen LogP contribution in [0.2, 0.25) is 0 Å². The van der Waals surface area contributed by atoms with Crippen molar-refractivity contribution < 1.29 is 4.74 Å². The van der Waals surface area contributed by atoms with Crippen LogP contribution in [0.5, 0.6) is 5.75 Å². The molecule has 8 nitrogen and oxygen atoms in total. The second-order valence-electron chi connectivity index (χ2n) is 8.93. The summed E-state index contributed by atoms with van der Waals surface area (Å²) in [4.78, 5) is 8.30. The fraction of sp³-hybridized carbons (Fsp3) is 0.304. The Kier molecular flexibility index (Phi) is 5.00. The minimum absolute atomic E-state index is 0.0684. The van der Waals surface area contributed by atoms with Crippen molar-refractivity contribution in [2.45, 2.75) is 20.8 Å². The van der Waals surface area contributed by atoms with Gasteiger partial charge in [-0.3, -0.25) is 9.58 Å². The first-order valence-corrected chi connectivity index (χ1v) is 10.1. The van der Waals surface area contributed by atoms with Gasteiger partial charge >= 0.3 is 0 Å². The SMILES string of the molecule is COc1cc(-c2cnn(C)c2)ccc1N1C(N)=NC=C2C=CN(CC(C)(C)C)C(N)=C21. The van der Waals surface area contributed by atoms with E-state index in [1.165, 1.54) is 0 Å². The number of nitrogens with two attached hydrogens (primary N) is 2. The molecule has 2 aliphatic rings. The maximum atomic E-state index is 6.66. The fourth-order valence-electron chi connectivity index (χ4n) is 3.77. The molecule has 2 aromatic rings. The van der Waals surface area contributed by atoms with Crippen molar-refractivity contribution in [3.63, 3.8) is 0 Å². The molecule has 0 radical (unpaired) electrons. The lowest BCUT2D eigenvalue weighted by molar-refractivity contribution is 0.285. The molecule has 162 valence electrons. The van der Waals surface area contributed by atoms with E-state index in [2.05, 4.69) is 35.8 Å². The van der Waals surface area contributed by atoms with Gasteiger partial charge in [0, 0.05) is 43.3 Å². The van der Waals surface area contributed by atoms with Crippen LogP contribution in [0.15, 0.2) is 71.2 Å². The summed E-state index contributed by atoms with van der Waals surface area (Å²) in [6.45, 7) is 7.31. The molecule has 0 spiro atoms. The number of benzene rings is 1. The number of ether oxygens (including phenoxy) is 1. The number of aliphatic imine (C=N–C) groups is 1. The average molecular weight is 420 g/mol. The predicted octanol–water partition coefficient (Wildman–Crippen LogP) is 3.12. The molecule has 0 saturated carbocycles. The monoisotopic (exact) mass is 419 g/mol. The van der Waals surface area contributed by atoms with Crippen molar-refractivity contribution in [3.05, 3.63) is 66.2 Å². The number of nitrogens with zero attached hydrogens (tertiary/aromatic N) is 5. The Morgan fingerprint density at radius 1 is 1.13 bits per heavy atom. The van der Waals surface area contributed by atoms with Crippen molar-refractivity contribution in [2.24, 2.45) is 28.9 Å². The Morgan fingerprint density at radius 2 is 1.90 bits per heavy atom. The van der Waals surface area contributed by atoms with Gasteiger partial charge in [-0.25, -0.2) is 4.99 Å². The van der Waals surface area contributed by atoms with Gasteiger partial charge in [-0.2, -0.15) is 5.10 Å². The third kappa shape index (κ3) is 3.88. The summed E-state index contributed by atoms with van der Waals surface area (Å²) < 4.78 is 7.51. The first kappa shape index (κ1) is 20.6. The van der Waals surface area contributed by atoms with Crippen LogP contribution in [0.3, 0.4) is 0 Å². The number of hydrogen-bond donors (Lipinski definition) is 2. The van der Waals surface area contributed by atoms with Crippen LogP contribution in [0.4, 0.5) is 5.69 Å². The van der Waals surface area contributed by atoms with Gasteiger partial charge in [0.1, 0.15) is 11.6 Å². The molecule has 2 aliphatic heterocycles. The van der Waals surface area contributed by atoms with E-state index in [1.807, 2.05) is 54.8 Å². The van der Waals surface area contributed by atoms with Crippen LogP contribution in [-0.2, 0) is 7.05 Å². The third-order valence-corrected chi connectivity index (χ3v) is 5.15. The van der Waals surface area contributed by atoms with Gasteiger partial charge in [-0.1, -0.05) is 26.8 Å². The van der Waals surface area contributed by atoms with E-state index < -0.39 is 0 Å². The molecular formula is C23H29N7O. The Labute approximate surface area is 182 Å². The second-order valence-corrected chi connectivity index (χ2v) is 8.93. The summed E-state index contributed by atoms with van der Waals surface area (Å²) in [7, 11) is 3.54. The molecule has 0 amide bonds. The topological polar surface area (TPSA) is 97.9 Å². The minimum atomic E-state index is 0.0684. The maximum absolute atomic E-state index is 6.66. The molecule has 1 aromatic heterocycles. The summed E-state index contributed by atoms with van der Waals surface area (Å²) in [5.41, 5.74) is 17.5. The predicted molar refractivity (Wildman–Crippen MR) is 124 cm³/mol. The summed E-state index contributed by atoms with van der Waals surface area (Å²) in [6, 6.07) is 5.96.